The van der Waals surface area contributed by atoms with E-state index in [1.807, 2.05) is 12.1 Å². The Kier molecular flexibility index (Phi) is 4.07. The number of amides is 1. The number of nitrogens with one attached hydrogen (secondary N) is 2. The van der Waals surface area contributed by atoms with Crippen molar-refractivity contribution in [2.24, 2.45) is 0 Å². The van der Waals surface area contributed by atoms with Gasteiger partial charge >= 0.3 is 0 Å². The number of benzene rings is 1. The zero-order valence-corrected chi connectivity index (χ0v) is 13.6. The molecule has 1 aromatic rings. The summed E-state index contributed by atoms with van der Waals surface area (Å²) in [4.78, 5) is 12.4. The third-order valence-corrected chi connectivity index (χ3v) is 5.77. The molecule has 1 unspecified atom stereocenters. The number of hydrogen-bond donors (Lipinski definition) is 2. The van der Waals surface area contributed by atoms with Gasteiger partial charge in [-0.25, -0.2) is 0 Å². The number of carbonyl (C=O) groups excluding carboxylic acids is 1. The molecule has 2 N–H and O–H groups in total. The van der Waals surface area contributed by atoms with Crippen LogP contribution >= 0.6 is 27.5 Å². The highest BCUT2D eigenvalue weighted by molar-refractivity contribution is 9.10. The van der Waals surface area contributed by atoms with Crippen LogP contribution in [0.25, 0.3) is 0 Å². The first-order chi connectivity index (χ1) is 9.60. The highest BCUT2D eigenvalue weighted by atomic mass is 79.9. The maximum absolute atomic E-state index is 12.4. The van der Waals surface area contributed by atoms with Gasteiger partial charge in [-0.1, -0.05) is 17.7 Å². The molecule has 1 spiro atoms. The minimum atomic E-state index is -0.0716. The summed E-state index contributed by atoms with van der Waals surface area (Å²) in [6.07, 6.45) is 5.78. The third kappa shape index (κ3) is 2.74. The first kappa shape index (κ1) is 14.4. The lowest BCUT2D eigenvalue weighted by Gasteiger charge is -2.48. The molecule has 108 valence electrons. The highest BCUT2D eigenvalue weighted by Crippen LogP contribution is 2.38. The lowest BCUT2D eigenvalue weighted by molar-refractivity contribution is 0.0853. The number of halogens is 2. The summed E-state index contributed by atoms with van der Waals surface area (Å²) in [6, 6.07) is 5.69. The summed E-state index contributed by atoms with van der Waals surface area (Å²) in [5.74, 6) is -0.0716. The van der Waals surface area contributed by atoms with Crippen LogP contribution in [0.4, 0.5) is 0 Å². The maximum Gasteiger partial charge on any atom is 0.253 e. The Morgan fingerprint density at radius 2 is 2.25 bits per heavy atom. The molecule has 0 aromatic heterocycles. The normalized spacial score (nSPS) is 24.2. The van der Waals surface area contributed by atoms with Gasteiger partial charge < -0.3 is 10.6 Å². The molecule has 3 rings (SSSR count). The third-order valence-electron chi connectivity index (χ3n) is 4.47. The summed E-state index contributed by atoms with van der Waals surface area (Å²) >= 11 is 9.54. The van der Waals surface area contributed by atoms with Gasteiger partial charge in [-0.2, -0.15) is 0 Å². The zero-order valence-electron chi connectivity index (χ0n) is 11.2. The average molecular weight is 358 g/mol. The summed E-state index contributed by atoms with van der Waals surface area (Å²) < 4.78 is 0.757. The maximum atomic E-state index is 12.4. The van der Waals surface area contributed by atoms with Crippen LogP contribution < -0.4 is 10.6 Å². The van der Waals surface area contributed by atoms with Crippen LogP contribution in [0.15, 0.2) is 22.7 Å². The van der Waals surface area contributed by atoms with E-state index in [2.05, 4.69) is 26.6 Å². The van der Waals surface area contributed by atoms with Gasteiger partial charge in [0.1, 0.15) is 0 Å². The van der Waals surface area contributed by atoms with Crippen molar-refractivity contribution in [3.8, 4) is 0 Å². The van der Waals surface area contributed by atoms with Crippen molar-refractivity contribution in [1.82, 2.24) is 10.6 Å². The van der Waals surface area contributed by atoms with Crippen LogP contribution in [0.5, 0.6) is 0 Å². The van der Waals surface area contributed by atoms with Gasteiger partial charge in [-0.3, -0.25) is 4.79 Å². The highest BCUT2D eigenvalue weighted by Gasteiger charge is 2.41. The molecule has 1 saturated heterocycles. The molecule has 2 aliphatic rings. The fraction of sp³-hybridized carbons (Fsp3) is 0.533. The standard InChI is InChI=1S/C15H18BrClN2O/c16-12-4-1-3-11(13(12)17)14(20)19-10-5-8-18-15(9-10)6-2-7-15/h1,3-4,10,18H,2,5-9H2,(H,19,20). The molecule has 1 aliphatic heterocycles. The van der Waals surface area contributed by atoms with Gasteiger partial charge in [0.05, 0.1) is 10.6 Å². The molecule has 2 fully saturated rings. The van der Waals surface area contributed by atoms with E-state index < -0.39 is 0 Å². The molecule has 1 aliphatic carbocycles. The first-order valence-corrected chi connectivity index (χ1v) is 8.27. The molecule has 1 saturated carbocycles. The largest absolute Gasteiger partial charge is 0.349 e. The molecular formula is C15H18BrClN2O. The SMILES string of the molecule is O=C(NC1CCNC2(CCC2)C1)c1cccc(Br)c1Cl. The number of carbonyl (C=O) groups is 1. The summed E-state index contributed by atoms with van der Waals surface area (Å²) in [6.45, 7) is 0.983. The quantitative estimate of drug-likeness (QED) is 0.850. The van der Waals surface area contributed by atoms with Crippen LogP contribution in [0, 0.1) is 0 Å². The monoisotopic (exact) mass is 356 g/mol. The van der Waals surface area contributed by atoms with E-state index in [4.69, 9.17) is 11.6 Å². The van der Waals surface area contributed by atoms with Gasteiger partial charge in [0.25, 0.3) is 5.91 Å². The lowest BCUT2D eigenvalue weighted by atomic mass is 9.70. The smallest absolute Gasteiger partial charge is 0.253 e. The van der Waals surface area contributed by atoms with Crippen molar-refractivity contribution in [1.29, 1.82) is 0 Å². The number of piperidine rings is 1. The van der Waals surface area contributed by atoms with E-state index in [0.29, 0.717) is 10.6 Å². The second kappa shape index (κ2) is 5.66. The minimum Gasteiger partial charge on any atom is -0.349 e. The molecule has 1 aromatic carbocycles. The van der Waals surface area contributed by atoms with Crippen molar-refractivity contribution < 1.29 is 4.79 Å². The Bertz CT molecular complexity index is 531. The summed E-state index contributed by atoms with van der Waals surface area (Å²) in [5, 5.41) is 7.24. The van der Waals surface area contributed by atoms with Crippen LogP contribution in [-0.2, 0) is 0 Å². The van der Waals surface area contributed by atoms with E-state index in [-0.39, 0.29) is 17.5 Å². The first-order valence-electron chi connectivity index (χ1n) is 7.10. The van der Waals surface area contributed by atoms with E-state index in [1.54, 1.807) is 6.07 Å². The van der Waals surface area contributed by atoms with Gasteiger partial charge in [-0.05, 0) is 66.7 Å². The van der Waals surface area contributed by atoms with Gasteiger partial charge in [0, 0.05) is 16.1 Å². The Balaban J connectivity index is 1.68. The predicted molar refractivity (Wildman–Crippen MR) is 84.2 cm³/mol. The molecule has 1 amide bonds. The van der Waals surface area contributed by atoms with Crippen molar-refractivity contribution in [3.05, 3.63) is 33.3 Å². The molecular weight excluding hydrogens is 340 g/mol. The minimum absolute atomic E-state index is 0.0716. The van der Waals surface area contributed by atoms with Gasteiger partial charge in [-0.15, -0.1) is 0 Å². The van der Waals surface area contributed by atoms with Crippen molar-refractivity contribution in [2.45, 2.75) is 43.7 Å². The summed E-state index contributed by atoms with van der Waals surface area (Å²) in [7, 11) is 0. The average Bonchev–Trinajstić information content (AvgIpc) is 2.40. The molecule has 5 heteroatoms. The van der Waals surface area contributed by atoms with Crippen molar-refractivity contribution in [3.63, 3.8) is 0 Å². The molecule has 20 heavy (non-hydrogen) atoms. The Labute approximate surface area is 132 Å². The molecule has 0 radical (unpaired) electrons. The topological polar surface area (TPSA) is 41.1 Å². The van der Waals surface area contributed by atoms with Crippen LogP contribution in [-0.4, -0.2) is 24.0 Å². The zero-order chi connectivity index (χ0) is 14.2. The second-order valence-electron chi connectivity index (χ2n) is 5.83. The number of rotatable bonds is 2. The predicted octanol–water partition coefficient (Wildman–Crippen LogP) is 3.51. The Morgan fingerprint density at radius 1 is 1.45 bits per heavy atom. The van der Waals surface area contributed by atoms with E-state index >= 15 is 0 Å². The van der Waals surface area contributed by atoms with Gasteiger partial charge in [0.2, 0.25) is 0 Å². The molecule has 0 bridgehead atoms. The molecule has 3 nitrogen and oxygen atoms in total. The van der Waals surface area contributed by atoms with Crippen LogP contribution in [0.1, 0.15) is 42.5 Å². The molecule has 1 atom stereocenters. The van der Waals surface area contributed by atoms with E-state index in [1.165, 1.54) is 19.3 Å². The van der Waals surface area contributed by atoms with E-state index in [9.17, 15) is 4.79 Å². The van der Waals surface area contributed by atoms with Gasteiger partial charge in [0.15, 0.2) is 0 Å². The van der Waals surface area contributed by atoms with Crippen molar-refractivity contribution in [2.75, 3.05) is 6.54 Å². The Hall–Kier alpha value is -0.580. The van der Waals surface area contributed by atoms with Crippen LogP contribution in [0.3, 0.4) is 0 Å². The van der Waals surface area contributed by atoms with Crippen LogP contribution in [0.2, 0.25) is 5.02 Å². The summed E-state index contributed by atoms with van der Waals surface area (Å²) in [5.41, 5.74) is 0.833. The fourth-order valence-electron chi connectivity index (χ4n) is 3.21. The second-order valence-corrected chi connectivity index (χ2v) is 7.06. The lowest BCUT2D eigenvalue weighted by Crippen LogP contribution is -2.59. The Morgan fingerprint density at radius 3 is 2.95 bits per heavy atom. The number of hydrogen-bond acceptors (Lipinski definition) is 2. The molecule has 1 heterocycles. The van der Waals surface area contributed by atoms with E-state index in [0.717, 1.165) is 23.9 Å². The van der Waals surface area contributed by atoms with Crippen molar-refractivity contribution >= 4 is 33.4 Å². The fourth-order valence-corrected chi connectivity index (χ4v) is 3.79.